The lowest BCUT2D eigenvalue weighted by Gasteiger charge is -2.34. The van der Waals surface area contributed by atoms with Crippen LogP contribution < -0.4 is 0 Å². The van der Waals surface area contributed by atoms with Crippen molar-refractivity contribution in [3.8, 4) is 0 Å². The maximum absolute atomic E-state index is 13.8. The van der Waals surface area contributed by atoms with Crippen LogP contribution in [0.3, 0.4) is 0 Å². The van der Waals surface area contributed by atoms with Gasteiger partial charge in [0.05, 0.1) is 0 Å². The van der Waals surface area contributed by atoms with Gasteiger partial charge in [0.25, 0.3) is 0 Å². The number of sulfonamides is 1. The summed E-state index contributed by atoms with van der Waals surface area (Å²) in [6.45, 7) is 0.755. The van der Waals surface area contributed by atoms with Crippen LogP contribution in [0.2, 0.25) is 0 Å². The first-order chi connectivity index (χ1) is 11.9. The van der Waals surface area contributed by atoms with Gasteiger partial charge in [-0.3, -0.25) is 4.79 Å². The Kier molecular flexibility index (Phi) is 5.19. The molecule has 0 unspecified atom stereocenters. The van der Waals surface area contributed by atoms with Crippen molar-refractivity contribution in [1.29, 1.82) is 0 Å². The number of carbonyl (C=O) groups is 1. The van der Waals surface area contributed by atoms with Crippen LogP contribution in [0.5, 0.6) is 0 Å². The first-order valence-electron chi connectivity index (χ1n) is 8.27. The Morgan fingerprint density at radius 2 is 1.88 bits per heavy atom. The third-order valence-corrected chi connectivity index (χ3v) is 6.58. The van der Waals surface area contributed by atoms with Gasteiger partial charge >= 0.3 is 0 Å². The average Bonchev–Trinajstić information content (AvgIpc) is 3.07. The molecule has 1 fully saturated rings. The van der Waals surface area contributed by atoms with Gasteiger partial charge in [-0.25, -0.2) is 17.2 Å². The lowest BCUT2D eigenvalue weighted by Crippen LogP contribution is -2.50. The summed E-state index contributed by atoms with van der Waals surface area (Å²) in [4.78, 5) is 13.4. The topological polar surface area (TPSA) is 57.7 Å². The number of amides is 1. The van der Waals surface area contributed by atoms with Crippen LogP contribution in [-0.2, 0) is 14.8 Å². The number of rotatable bonds is 4. The monoisotopic (exact) mass is 370 g/mol. The molecule has 1 aromatic rings. The minimum atomic E-state index is -4.04. The van der Waals surface area contributed by atoms with Gasteiger partial charge < -0.3 is 4.90 Å². The van der Waals surface area contributed by atoms with Gasteiger partial charge in [-0.1, -0.05) is 12.2 Å². The predicted octanol–water partition coefficient (Wildman–Crippen LogP) is 2.15. The molecular formula is C17H20F2N2O3S. The molecule has 0 radical (unpaired) electrons. The molecule has 1 atom stereocenters. The van der Waals surface area contributed by atoms with Crippen LogP contribution in [0.25, 0.3) is 0 Å². The maximum Gasteiger partial charge on any atom is 0.246 e. The van der Waals surface area contributed by atoms with Crippen molar-refractivity contribution in [2.24, 2.45) is 5.92 Å². The minimum absolute atomic E-state index is 0.0153. The largest absolute Gasteiger partial charge is 0.340 e. The van der Waals surface area contributed by atoms with Gasteiger partial charge in [0.1, 0.15) is 16.5 Å². The second kappa shape index (κ2) is 7.21. The van der Waals surface area contributed by atoms with E-state index in [9.17, 15) is 22.0 Å². The highest BCUT2D eigenvalue weighted by Gasteiger charge is 2.32. The fourth-order valence-electron chi connectivity index (χ4n) is 3.22. The van der Waals surface area contributed by atoms with Crippen molar-refractivity contribution in [3.63, 3.8) is 0 Å². The van der Waals surface area contributed by atoms with E-state index in [1.165, 1.54) is 0 Å². The van der Waals surface area contributed by atoms with Gasteiger partial charge in [-0.05, 0) is 30.9 Å². The highest BCUT2D eigenvalue weighted by molar-refractivity contribution is 7.89. The number of halogens is 2. The highest BCUT2D eigenvalue weighted by Crippen LogP contribution is 2.24. The molecule has 1 aliphatic heterocycles. The number of allylic oxidation sites excluding steroid dienone is 2. The van der Waals surface area contributed by atoms with E-state index in [1.807, 2.05) is 0 Å². The molecule has 1 aliphatic carbocycles. The van der Waals surface area contributed by atoms with Crippen molar-refractivity contribution in [2.45, 2.75) is 24.2 Å². The zero-order valence-corrected chi connectivity index (χ0v) is 14.5. The molecule has 1 amide bonds. The van der Waals surface area contributed by atoms with Crippen LogP contribution in [0.15, 0.2) is 35.2 Å². The van der Waals surface area contributed by atoms with Crippen LogP contribution in [0.1, 0.15) is 19.3 Å². The standard InChI is InChI=1S/C17H20F2N2O3S/c18-14-5-6-16(15(19)12-14)25(23,24)21-9-7-20(8-10-21)17(22)11-13-3-1-2-4-13/h1,3,5-6,12-13H,2,4,7-11H2/t13-/m0/s1. The van der Waals surface area contributed by atoms with Gasteiger partial charge in [0.15, 0.2) is 0 Å². The quantitative estimate of drug-likeness (QED) is 0.763. The molecule has 8 heteroatoms. The number of benzene rings is 1. The smallest absolute Gasteiger partial charge is 0.246 e. The van der Waals surface area contributed by atoms with E-state index in [0.717, 1.165) is 29.3 Å². The first-order valence-corrected chi connectivity index (χ1v) is 9.71. The summed E-state index contributed by atoms with van der Waals surface area (Å²) in [6.07, 6.45) is 6.53. The SMILES string of the molecule is O=C(C[C@H]1C=CCC1)N1CCN(S(=O)(=O)c2ccc(F)cc2F)CC1. The van der Waals surface area contributed by atoms with Crippen molar-refractivity contribution in [3.05, 3.63) is 42.0 Å². The van der Waals surface area contributed by atoms with Gasteiger partial charge in [0, 0.05) is 38.7 Å². The zero-order valence-electron chi connectivity index (χ0n) is 13.7. The van der Waals surface area contributed by atoms with Crippen LogP contribution in [0, 0.1) is 17.6 Å². The Morgan fingerprint density at radius 1 is 1.16 bits per heavy atom. The van der Waals surface area contributed by atoms with E-state index < -0.39 is 26.6 Å². The van der Waals surface area contributed by atoms with Crippen molar-refractivity contribution in [1.82, 2.24) is 9.21 Å². The van der Waals surface area contributed by atoms with Crippen LogP contribution >= 0.6 is 0 Å². The summed E-state index contributed by atoms with van der Waals surface area (Å²) >= 11 is 0. The molecule has 25 heavy (non-hydrogen) atoms. The maximum atomic E-state index is 13.8. The summed E-state index contributed by atoms with van der Waals surface area (Å²) in [6, 6.07) is 2.41. The fraction of sp³-hybridized carbons (Fsp3) is 0.471. The van der Waals surface area contributed by atoms with Gasteiger partial charge in [0.2, 0.25) is 15.9 Å². The number of carbonyl (C=O) groups excluding carboxylic acids is 1. The molecule has 1 heterocycles. The molecule has 0 bridgehead atoms. The van der Waals surface area contributed by atoms with Crippen molar-refractivity contribution in [2.75, 3.05) is 26.2 Å². The molecule has 1 saturated heterocycles. The van der Waals surface area contributed by atoms with Crippen molar-refractivity contribution < 1.29 is 22.0 Å². The van der Waals surface area contributed by atoms with E-state index in [-0.39, 0.29) is 38.0 Å². The highest BCUT2D eigenvalue weighted by atomic mass is 32.2. The molecule has 5 nitrogen and oxygen atoms in total. The third-order valence-electron chi connectivity index (χ3n) is 4.65. The lowest BCUT2D eigenvalue weighted by atomic mass is 10.0. The Labute approximate surface area is 146 Å². The summed E-state index contributed by atoms with van der Waals surface area (Å²) < 4.78 is 53.0. The third kappa shape index (κ3) is 3.90. The number of hydrogen-bond donors (Lipinski definition) is 0. The molecule has 3 rings (SSSR count). The lowest BCUT2D eigenvalue weighted by molar-refractivity contribution is -0.133. The van der Waals surface area contributed by atoms with Crippen molar-refractivity contribution >= 4 is 15.9 Å². The Hall–Kier alpha value is -1.80. The van der Waals surface area contributed by atoms with E-state index in [1.54, 1.807) is 4.90 Å². The number of hydrogen-bond acceptors (Lipinski definition) is 3. The predicted molar refractivity (Wildman–Crippen MR) is 88.2 cm³/mol. The molecular weight excluding hydrogens is 350 g/mol. The summed E-state index contributed by atoms with van der Waals surface area (Å²) in [7, 11) is -4.04. The molecule has 0 spiro atoms. The van der Waals surface area contributed by atoms with E-state index >= 15 is 0 Å². The Bertz CT molecular complexity index is 787. The van der Waals surface area contributed by atoms with Gasteiger partial charge in [-0.2, -0.15) is 4.31 Å². The van der Waals surface area contributed by atoms with E-state index in [4.69, 9.17) is 0 Å². The van der Waals surface area contributed by atoms with E-state index in [0.29, 0.717) is 12.5 Å². The normalized spacial score (nSPS) is 21.7. The molecule has 0 N–H and O–H groups in total. The molecule has 1 aromatic carbocycles. The molecule has 0 saturated carbocycles. The minimum Gasteiger partial charge on any atom is -0.340 e. The number of nitrogens with zero attached hydrogens (tertiary/aromatic N) is 2. The molecule has 136 valence electrons. The second-order valence-corrected chi connectivity index (χ2v) is 8.24. The zero-order chi connectivity index (χ0) is 18.0. The Morgan fingerprint density at radius 3 is 2.48 bits per heavy atom. The van der Waals surface area contributed by atoms with Crippen LogP contribution in [-0.4, -0.2) is 49.7 Å². The number of piperazine rings is 1. The average molecular weight is 370 g/mol. The van der Waals surface area contributed by atoms with Crippen LogP contribution in [0.4, 0.5) is 8.78 Å². The second-order valence-electron chi connectivity index (χ2n) is 6.33. The molecule has 2 aliphatic rings. The molecule has 0 aromatic heterocycles. The van der Waals surface area contributed by atoms with E-state index in [2.05, 4.69) is 12.2 Å². The fourth-order valence-corrected chi connectivity index (χ4v) is 4.69. The Balaban J connectivity index is 1.63. The summed E-state index contributed by atoms with van der Waals surface area (Å²) in [5.41, 5.74) is 0. The summed E-state index contributed by atoms with van der Waals surface area (Å²) in [5.74, 6) is -1.65. The first kappa shape index (κ1) is 18.0. The summed E-state index contributed by atoms with van der Waals surface area (Å²) in [5, 5.41) is 0. The van der Waals surface area contributed by atoms with Gasteiger partial charge in [-0.15, -0.1) is 0 Å².